The molecule has 1 saturated carbocycles. The third-order valence-electron chi connectivity index (χ3n) is 4.70. The maximum Gasteiger partial charge on any atom is 0.225 e. The predicted octanol–water partition coefficient (Wildman–Crippen LogP) is 0.981. The van der Waals surface area contributed by atoms with Gasteiger partial charge >= 0.3 is 0 Å². The lowest BCUT2D eigenvalue weighted by Crippen LogP contribution is -2.47. The molecule has 1 aliphatic carbocycles. The standard InChI is InChI=1S/C14H26N2O2/c1-10-9-16(7-6-13(10)17)14(18)12-4-2-11(8-15)3-5-12/h10-13,17H,2-9,15H2,1H3. The number of hydrogen-bond acceptors (Lipinski definition) is 3. The van der Waals surface area contributed by atoms with Gasteiger partial charge in [-0.25, -0.2) is 0 Å². The summed E-state index contributed by atoms with van der Waals surface area (Å²) in [5, 5.41) is 9.70. The van der Waals surface area contributed by atoms with Crippen LogP contribution in [0.4, 0.5) is 0 Å². The Labute approximate surface area is 110 Å². The smallest absolute Gasteiger partial charge is 0.225 e. The van der Waals surface area contributed by atoms with E-state index in [-0.39, 0.29) is 17.9 Å². The van der Waals surface area contributed by atoms with E-state index in [4.69, 9.17) is 5.73 Å². The highest BCUT2D eigenvalue weighted by molar-refractivity contribution is 5.79. The van der Waals surface area contributed by atoms with Crippen molar-refractivity contribution in [2.24, 2.45) is 23.5 Å². The number of rotatable bonds is 2. The molecule has 2 aliphatic rings. The monoisotopic (exact) mass is 254 g/mol. The molecule has 104 valence electrons. The van der Waals surface area contributed by atoms with Gasteiger partial charge in [0.05, 0.1) is 6.10 Å². The van der Waals surface area contributed by atoms with E-state index in [0.717, 1.165) is 51.7 Å². The molecule has 0 radical (unpaired) electrons. The van der Waals surface area contributed by atoms with Crippen LogP contribution in [0.2, 0.25) is 0 Å². The number of piperidine rings is 1. The second-order valence-electron chi connectivity index (χ2n) is 6.07. The lowest BCUT2D eigenvalue weighted by Gasteiger charge is -2.37. The summed E-state index contributed by atoms with van der Waals surface area (Å²) in [5.41, 5.74) is 5.68. The van der Waals surface area contributed by atoms with Gasteiger partial charge in [-0.2, -0.15) is 0 Å². The molecule has 0 aromatic rings. The molecule has 1 amide bonds. The number of carbonyl (C=O) groups excluding carboxylic acids is 1. The Bertz CT molecular complexity index is 288. The molecular weight excluding hydrogens is 228 g/mol. The zero-order valence-corrected chi connectivity index (χ0v) is 11.3. The van der Waals surface area contributed by atoms with Crippen molar-refractivity contribution in [3.63, 3.8) is 0 Å². The quantitative estimate of drug-likeness (QED) is 0.772. The second kappa shape index (κ2) is 6.02. The molecule has 2 fully saturated rings. The van der Waals surface area contributed by atoms with Crippen molar-refractivity contribution in [1.82, 2.24) is 4.90 Å². The molecular formula is C14H26N2O2. The van der Waals surface area contributed by atoms with Gasteiger partial charge < -0.3 is 15.7 Å². The molecule has 4 heteroatoms. The van der Waals surface area contributed by atoms with Gasteiger partial charge in [0.2, 0.25) is 5.91 Å². The van der Waals surface area contributed by atoms with Crippen LogP contribution in [0.3, 0.4) is 0 Å². The average molecular weight is 254 g/mol. The zero-order chi connectivity index (χ0) is 13.1. The fraction of sp³-hybridized carbons (Fsp3) is 0.929. The average Bonchev–Trinajstić information content (AvgIpc) is 2.41. The van der Waals surface area contributed by atoms with E-state index in [1.165, 1.54) is 0 Å². The lowest BCUT2D eigenvalue weighted by molar-refractivity contribution is -0.140. The van der Waals surface area contributed by atoms with Crippen LogP contribution in [0.15, 0.2) is 0 Å². The summed E-state index contributed by atoms with van der Waals surface area (Å²) in [4.78, 5) is 14.4. The summed E-state index contributed by atoms with van der Waals surface area (Å²) < 4.78 is 0. The van der Waals surface area contributed by atoms with Crippen LogP contribution < -0.4 is 5.73 Å². The topological polar surface area (TPSA) is 66.6 Å². The summed E-state index contributed by atoms with van der Waals surface area (Å²) in [6, 6.07) is 0. The molecule has 2 rings (SSSR count). The first-order valence-electron chi connectivity index (χ1n) is 7.28. The normalized spacial score (nSPS) is 37.6. The highest BCUT2D eigenvalue weighted by atomic mass is 16.3. The Morgan fingerprint density at radius 3 is 2.50 bits per heavy atom. The van der Waals surface area contributed by atoms with Crippen LogP contribution in [0.5, 0.6) is 0 Å². The number of aliphatic hydroxyl groups is 1. The molecule has 0 aromatic carbocycles. The van der Waals surface area contributed by atoms with Gasteiger partial charge in [-0.15, -0.1) is 0 Å². The Hall–Kier alpha value is -0.610. The van der Waals surface area contributed by atoms with Gasteiger partial charge in [0.25, 0.3) is 0 Å². The van der Waals surface area contributed by atoms with Crippen molar-refractivity contribution in [3.8, 4) is 0 Å². The maximum atomic E-state index is 12.4. The van der Waals surface area contributed by atoms with E-state index < -0.39 is 0 Å². The van der Waals surface area contributed by atoms with Crippen molar-refractivity contribution in [2.45, 2.75) is 45.1 Å². The summed E-state index contributed by atoms with van der Waals surface area (Å²) in [6.07, 6.45) is 4.67. The number of hydrogen-bond donors (Lipinski definition) is 2. The van der Waals surface area contributed by atoms with E-state index >= 15 is 0 Å². The van der Waals surface area contributed by atoms with Gasteiger partial charge in [0, 0.05) is 19.0 Å². The Morgan fingerprint density at radius 1 is 1.28 bits per heavy atom. The first-order chi connectivity index (χ1) is 8.61. The fourth-order valence-electron chi connectivity index (χ4n) is 3.24. The van der Waals surface area contributed by atoms with Crippen LogP contribution in [-0.2, 0) is 4.79 Å². The van der Waals surface area contributed by atoms with E-state index in [1.54, 1.807) is 0 Å². The minimum atomic E-state index is -0.234. The summed E-state index contributed by atoms with van der Waals surface area (Å²) in [5.74, 6) is 1.35. The minimum absolute atomic E-state index is 0.204. The largest absolute Gasteiger partial charge is 0.393 e. The number of likely N-dealkylation sites (tertiary alicyclic amines) is 1. The third kappa shape index (κ3) is 3.04. The van der Waals surface area contributed by atoms with Gasteiger partial charge in [-0.05, 0) is 50.5 Å². The maximum absolute atomic E-state index is 12.4. The second-order valence-corrected chi connectivity index (χ2v) is 6.07. The van der Waals surface area contributed by atoms with Crippen LogP contribution in [-0.4, -0.2) is 41.7 Å². The third-order valence-corrected chi connectivity index (χ3v) is 4.70. The van der Waals surface area contributed by atoms with E-state index in [9.17, 15) is 9.90 Å². The summed E-state index contributed by atoms with van der Waals surface area (Å²) in [6.45, 7) is 4.22. The van der Waals surface area contributed by atoms with Gasteiger partial charge in [-0.1, -0.05) is 6.92 Å². The molecule has 1 saturated heterocycles. The van der Waals surface area contributed by atoms with Gasteiger partial charge in [0.15, 0.2) is 0 Å². The Balaban J connectivity index is 1.84. The van der Waals surface area contributed by atoms with Crippen LogP contribution >= 0.6 is 0 Å². The number of aliphatic hydroxyl groups excluding tert-OH is 1. The number of amides is 1. The van der Waals surface area contributed by atoms with Gasteiger partial charge in [0.1, 0.15) is 0 Å². The van der Waals surface area contributed by atoms with Crippen molar-refractivity contribution in [1.29, 1.82) is 0 Å². The zero-order valence-electron chi connectivity index (χ0n) is 11.3. The molecule has 1 aliphatic heterocycles. The van der Waals surface area contributed by atoms with Crippen molar-refractivity contribution in [3.05, 3.63) is 0 Å². The molecule has 0 aromatic heterocycles. The molecule has 1 heterocycles. The van der Waals surface area contributed by atoms with Gasteiger partial charge in [-0.3, -0.25) is 4.79 Å². The van der Waals surface area contributed by atoms with Crippen molar-refractivity contribution in [2.75, 3.05) is 19.6 Å². The van der Waals surface area contributed by atoms with Crippen LogP contribution in [0, 0.1) is 17.8 Å². The highest BCUT2D eigenvalue weighted by Gasteiger charge is 2.32. The van der Waals surface area contributed by atoms with E-state index in [1.807, 2.05) is 11.8 Å². The number of nitrogens with two attached hydrogens (primary N) is 1. The SMILES string of the molecule is CC1CN(C(=O)C2CCC(CN)CC2)CCC1O. The fourth-order valence-corrected chi connectivity index (χ4v) is 3.24. The Kier molecular flexibility index (Phi) is 4.62. The predicted molar refractivity (Wildman–Crippen MR) is 70.9 cm³/mol. The number of carbonyl (C=O) groups is 1. The first-order valence-corrected chi connectivity index (χ1v) is 7.28. The lowest BCUT2D eigenvalue weighted by atomic mass is 9.81. The molecule has 2 atom stereocenters. The molecule has 0 bridgehead atoms. The highest BCUT2D eigenvalue weighted by Crippen LogP contribution is 2.30. The molecule has 4 nitrogen and oxygen atoms in total. The molecule has 18 heavy (non-hydrogen) atoms. The summed E-state index contributed by atoms with van der Waals surface area (Å²) in [7, 11) is 0. The van der Waals surface area contributed by atoms with Crippen molar-refractivity contribution < 1.29 is 9.90 Å². The van der Waals surface area contributed by atoms with Crippen molar-refractivity contribution >= 4 is 5.91 Å². The minimum Gasteiger partial charge on any atom is -0.393 e. The van der Waals surface area contributed by atoms with Crippen LogP contribution in [0.1, 0.15) is 39.0 Å². The molecule has 0 spiro atoms. The van der Waals surface area contributed by atoms with E-state index in [0.29, 0.717) is 11.8 Å². The molecule has 3 N–H and O–H groups in total. The summed E-state index contributed by atoms with van der Waals surface area (Å²) >= 11 is 0. The molecule has 2 unspecified atom stereocenters. The van der Waals surface area contributed by atoms with E-state index in [2.05, 4.69) is 0 Å². The number of nitrogens with zero attached hydrogens (tertiary/aromatic N) is 1. The van der Waals surface area contributed by atoms with Crippen LogP contribution in [0.25, 0.3) is 0 Å². The first kappa shape index (κ1) is 13.8. The Morgan fingerprint density at radius 2 is 1.94 bits per heavy atom.